The minimum atomic E-state index is -0.355. The number of nitrogens with one attached hydrogen (secondary N) is 2. The third kappa shape index (κ3) is 6.76. The Labute approximate surface area is 176 Å². The van der Waals surface area contributed by atoms with Gasteiger partial charge in [0.25, 0.3) is 0 Å². The van der Waals surface area contributed by atoms with Crippen molar-refractivity contribution in [3.63, 3.8) is 0 Å². The lowest BCUT2D eigenvalue weighted by molar-refractivity contribution is -0.105. The minimum absolute atomic E-state index is 0.0109. The number of aryl methyl sites for hydroxylation is 1. The van der Waals surface area contributed by atoms with Crippen LogP contribution < -0.4 is 10.0 Å². The zero-order valence-corrected chi connectivity index (χ0v) is 18.2. The Hall–Kier alpha value is -2.03. The van der Waals surface area contributed by atoms with Crippen molar-refractivity contribution in [2.75, 3.05) is 39.7 Å². The maximum absolute atomic E-state index is 14.4. The first-order chi connectivity index (χ1) is 13.8. The van der Waals surface area contributed by atoms with Gasteiger partial charge in [-0.3, -0.25) is 4.79 Å². The fraction of sp³-hybridized carbons (Fsp3) is 0.476. The number of allylic oxidation sites excluding steroid dienone is 1. The van der Waals surface area contributed by atoms with Gasteiger partial charge in [-0.25, -0.2) is 4.39 Å². The number of nitrogens with zero attached hydrogens (tertiary/aromatic N) is 1. The summed E-state index contributed by atoms with van der Waals surface area (Å²) in [5, 5.41) is 12.5. The third-order valence-electron chi connectivity index (χ3n) is 4.62. The standard InChI is InChI=1S/C21H30FN3O3S/c1-15-5-6-18(17(22)11-15)23-20(25(2)3)19(12-16(13-27)14-28-4)24-29-21(7-8-21)9-10-26/h5-6,11-13,23-24,26H,7-10,14H2,1-4H3/b16-12+,20-19+. The highest BCUT2D eigenvalue weighted by atomic mass is 32.2. The van der Waals surface area contributed by atoms with Crippen LogP contribution in [0.2, 0.25) is 0 Å². The van der Waals surface area contributed by atoms with Gasteiger partial charge >= 0.3 is 0 Å². The summed E-state index contributed by atoms with van der Waals surface area (Å²) in [6, 6.07) is 4.99. The van der Waals surface area contributed by atoms with Crippen molar-refractivity contribution < 1.29 is 19.0 Å². The highest BCUT2D eigenvalue weighted by Crippen LogP contribution is 2.50. The van der Waals surface area contributed by atoms with Crippen LogP contribution in [0.15, 0.2) is 41.4 Å². The molecule has 0 saturated heterocycles. The van der Waals surface area contributed by atoms with E-state index in [1.54, 1.807) is 12.1 Å². The fourth-order valence-corrected chi connectivity index (χ4v) is 3.77. The van der Waals surface area contributed by atoms with Gasteiger partial charge in [-0.2, -0.15) is 0 Å². The van der Waals surface area contributed by atoms with E-state index in [4.69, 9.17) is 4.74 Å². The Morgan fingerprint density at radius 1 is 1.41 bits per heavy atom. The molecule has 1 aromatic carbocycles. The second kappa shape index (κ2) is 10.7. The molecular formula is C21H30FN3O3S. The molecule has 2 rings (SSSR count). The molecule has 0 amide bonds. The lowest BCUT2D eigenvalue weighted by Crippen LogP contribution is -2.26. The average molecular weight is 424 g/mol. The van der Waals surface area contributed by atoms with Gasteiger partial charge in [0.05, 0.1) is 18.0 Å². The minimum Gasteiger partial charge on any atom is -0.396 e. The number of hydrogen-bond acceptors (Lipinski definition) is 7. The van der Waals surface area contributed by atoms with Crippen molar-refractivity contribution in [3.8, 4) is 0 Å². The van der Waals surface area contributed by atoms with E-state index in [2.05, 4.69) is 10.0 Å². The van der Waals surface area contributed by atoms with E-state index in [0.717, 1.165) is 24.7 Å². The number of halogens is 1. The Morgan fingerprint density at radius 2 is 2.14 bits per heavy atom. The summed E-state index contributed by atoms with van der Waals surface area (Å²) in [7, 11) is 5.20. The van der Waals surface area contributed by atoms with Crippen LogP contribution in [0.3, 0.4) is 0 Å². The normalized spacial score (nSPS) is 16.1. The van der Waals surface area contributed by atoms with Gasteiger partial charge in [0.15, 0.2) is 0 Å². The first-order valence-electron chi connectivity index (χ1n) is 9.48. The molecule has 1 aromatic rings. The molecule has 0 heterocycles. The van der Waals surface area contributed by atoms with Crippen LogP contribution in [-0.4, -0.2) is 55.5 Å². The Bertz CT molecular complexity index is 776. The lowest BCUT2D eigenvalue weighted by Gasteiger charge is -2.25. The number of hydrogen-bond donors (Lipinski definition) is 3. The Morgan fingerprint density at radius 3 is 2.66 bits per heavy atom. The zero-order chi connectivity index (χ0) is 21.4. The summed E-state index contributed by atoms with van der Waals surface area (Å²) in [6.07, 6.45) is 5.16. The lowest BCUT2D eigenvalue weighted by atomic mass is 10.2. The van der Waals surface area contributed by atoms with E-state index >= 15 is 0 Å². The number of benzene rings is 1. The molecule has 0 unspecified atom stereocenters. The molecular weight excluding hydrogens is 393 g/mol. The SMILES string of the molecule is COC/C(C=O)=C/C(NSC1(CCO)CC1)=C(/Nc1ccc(C)cc1F)N(C)C. The molecule has 0 aromatic heterocycles. The van der Waals surface area contributed by atoms with Gasteiger partial charge in [0.2, 0.25) is 0 Å². The number of carbonyl (C=O) groups excluding carboxylic acids is 1. The third-order valence-corrected chi connectivity index (χ3v) is 5.99. The summed E-state index contributed by atoms with van der Waals surface area (Å²) in [5.74, 6) is 0.252. The van der Waals surface area contributed by atoms with Crippen molar-refractivity contribution in [2.45, 2.75) is 30.9 Å². The molecule has 3 N–H and O–H groups in total. The first-order valence-corrected chi connectivity index (χ1v) is 10.3. The van der Waals surface area contributed by atoms with Crippen LogP contribution in [0.5, 0.6) is 0 Å². The quantitative estimate of drug-likeness (QED) is 0.206. The summed E-state index contributed by atoms with van der Waals surface area (Å²) in [6.45, 7) is 2.13. The van der Waals surface area contributed by atoms with Crippen molar-refractivity contribution in [2.24, 2.45) is 0 Å². The van der Waals surface area contributed by atoms with Crippen molar-refractivity contribution in [1.82, 2.24) is 9.62 Å². The average Bonchev–Trinajstić information content (AvgIpc) is 3.44. The number of carbonyl (C=O) groups is 1. The van der Waals surface area contributed by atoms with Gasteiger partial charge in [-0.05, 0) is 61.9 Å². The van der Waals surface area contributed by atoms with Gasteiger partial charge in [-0.1, -0.05) is 6.07 Å². The fourth-order valence-electron chi connectivity index (χ4n) is 2.79. The highest BCUT2D eigenvalue weighted by molar-refractivity contribution is 7.99. The Kier molecular flexibility index (Phi) is 8.55. The summed E-state index contributed by atoms with van der Waals surface area (Å²) >= 11 is 1.53. The van der Waals surface area contributed by atoms with Gasteiger partial charge in [0.1, 0.15) is 17.9 Å². The molecule has 1 saturated carbocycles. The molecule has 1 fully saturated rings. The molecule has 0 bridgehead atoms. The number of aldehydes is 1. The van der Waals surface area contributed by atoms with Crippen molar-refractivity contribution in [3.05, 3.63) is 52.7 Å². The largest absolute Gasteiger partial charge is 0.396 e. The van der Waals surface area contributed by atoms with Crippen LogP contribution in [0.1, 0.15) is 24.8 Å². The van der Waals surface area contributed by atoms with Crippen molar-refractivity contribution >= 4 is 23.9 Å². The smallest absolute Gasteiger partial charge is 0.148 e. The predicted octanol–water partition coefficient (Wildman–Crippen LogP) is 3.20. The molecule has 0 aliphatic heterocycles. The maximum Gasteiger partial charge on any atom is 0.148 e. The van der Waals surface area contributed by atoms with E-state index in [-0.39, 0.29) is 23.8 Å². The monoisotopic (exact) mass is 423 g/mol. The summed E-state index contributed by atoms with van der Waals surface area (Å²) in [5.41, 5.74) is 2.25. The zero-order valence-electron chi connectivity index (χ0n) is 17.4. The van der Waals surface area contributed by atoms with Crippen LogP contribution in [-0.2, 0) is 9.53 Å². The molecule has 1 aliphatic rings. The van der Waals surface area contributed by atoms with Gasteiger partial charge in [-0.15, -0.1) is 0 Å². The molecule has 8 heteroatoms. The molecule has 0 radical (unpaired) electrons. The number of methoxy groups -OCH3 is 1. The second-order valence-corrected chi connectivity index (χ2v) is 8.67. The molecule has 0 atom stereocenters. The highest BCUT2D eigenvalue weighted by Gasteiger charge is 2.43. The number of aliphatic hydroxyl groups is 1. The topological polar surface area (TPSA) is 73.8 Å². The van der Waals surface area contributed by atoms with E-state index in [9.17, 15) is 14.3 Å². The second-order valence-electron chi connectivity index (χ2n) is 7.40. The molecule has 1 aliphatic carbocycles. The number of anilines is 1. The van der Waals surface area contributed by atoms with E-state index in [1.807, 2.05) is 32.0 Å². The van der Waals surface area contributed by atoms with E-state index in [0.29, 0.717) is 29.2 Å². The van der Waals surface area contributed by atoms with Crippen LogP contribution >= 0.6 is 11.9 Å². The van der Waals surface area contributed by atoms with E-state index in [1.165, 1.54) is 25.1 Å². The molecule has 160 valence electrons. The molecule has 0 spiro atoms. The van der Waals surface area contributed by atoms with Crippen LogP contribution in [0.25, 0.3) is 0 Å². The van der Waals surface area contributed by atoms with Crippen LogP contribution in [0.4, 0.5) is 10.1 Å². The van der Waals surface area contributed by atoms with Crippen LogP contribution in [0, 0.1) is 12.7 Å². The predicted molar refractivity (Wildman–Crippen MR) is 116 cm³/mol. The Balaban J connectivity index is 2.40. The maximum atomic E-state index is 14.4. The summed E-state index contributed by atoms with van der Waals surface area (Å²) < 4.78 is 22.8. The van der Waals surface area contributed by atoms with Crippen molar-refractivity contribution in [1.29, 1.82) is 0 Å². The van der Waals surface area contributed by atoms with E-state index < -0.39 is 0 Å². The number of aliphatic hydroxyl groups excluding tert-OH is 1. The number of rotatable bonds is 12. The molecule has 29 heavy (non-hydrogen) atoms. The summed E-state index contributed by atoms with van der Waals surface area (Å²) in [4.78, 5) is 13.3. The van der Waals surface area contributed by atoms with Gasteiger partial charge < -0.3 is 24.8 Å². The molecule has 6 nitrogen and oxygen atoms in total. The first kappa shape index (κ1) is 23.3. The van der Waals surface area contributed by atoms with Gasteiger partial charge in [0, 0.05) is 38.1 Å². The number of ether oxygens (including phenoxy) is 1.